The first kappa shape index (κ1) is 16.2. The van der Waals surface area contributed by atoms with Crippen molar-refractivity contribution in [2.24, 2.45) is 5.92 Å². The van der Waals surface area contributed by atoms with Gasteiger partial charge in [0.05, 0.1) is 12.2 Å². The maximum Gasteiger partial charge on any atom is 0.227 e. The van der Waals surface area contributed by atoms with Crippen LogP contribution in [0, 0.1) is 5.92 Å². The number of carbonyl (C=O) groups excluding carboxylic acids is 2. The van der Waals surface area contributed by atoms with E-state index in [9.17, 15) is 9.59 Å². The SMILES string of the molecule is CCc1ccc(N2C[C@@H](C(=O)NCCn3ccnc3)CC2=O)cc1. The molecule has 1 fully saturated rings. The number of nitrogens with one attached hydrogen (secondary N) is 1. The van der Waals surface area contributed by atoms with E-state index >= 15 is 0 Å². The lowest BCUT2D eigenvalue weighted by molar-refractivity contribution is -0.126. The Bertz CT molecular complexity index is 694. The van der Waals surface area contributed by atoms with E-state index in [0.29, 0.717) is 19.6 Å². The molecule has 1 aromatic carbocycles. The van der Waals surface area contributed by atoms with E-state index in [1.807, 2.05) is 35.0 Å². The summed E-state index contributed by atoms with van der Waals surface area (Å²) < 4.78 is 1.90. The number of anilines is 1. The highest BCUT2D eigenvalue weighted by Gasteiger charge is 2.34. The van der Waals surface area contributed by atoms with E-state index in [1.54, 1.807) is 17.4 Å². The largest absolute Gasteiger partial charge is 0.354 e. The van der Waals surface area contributed by atoms with Gasteiger partial charge in [-0.25, -0.2) is 4.98 Å². The van der Waals surface area contributed by atoms with Gasteiger partial charge in [-0.05, 0) is 24.1 Å². The van der Waals surface area contributed by atoms with Gasteiger partial charge in [0.15, 0.2) is 0 Å². The highest BCUT2D eigenvalue weighted by molar-refractivity contribution is 6.00. The summed E-state index contributed by atoms with van der Waals surface area (Å²) in [6, 6.07) is 7.97. The molecule has 1 saturated heterocycles. The zero-order chi connectivity index (χ0) is 16.9. The Morgan fingerprint density at radius 2 is 2.12 bits per heavy atom. The highest BCUT2D eigenvalue weighted by atomic mass is 16.2. The molecule has 6 nitrogen and oxygen atoms in total. The van der Waals surface area contributed by atoms with Crippen LogP contribution in [0.15, 0.2) is 43.0 Å². The molecule has 1 atom stereocenters. The smallest absolute Gasteiger partial charge is 0.227 e. The first-order chi connectivity index (χ1) is 11.7. The molecule has 0 aliphatic carbocycles. The predicted octanol–water partition coefficient (Wildman–Crippen LogP) is 1.61. The third-order valence-corrected chi connectivity index (χ3v) is 4.38. The Morgan fingerprint density at radius 3 is 2.79 bits per heavy atom. The highest BCUT2D eigenvalue weighted by Crippen LogP contribution is 2.25. The molecule has 1 N–H and O–H groups in total. The van der Waals surface area contributed by atoms with Gasteiger partial charge in [0.2, 0.25) is 11.8 Å². The van der Waals surface area contributed by atoms with Gasteiger partial charge in [0.25, 0.3) is 0 Å². The van der Waals surface area contributed by atoms with Crippen molar-refractivity contribution in [3.05, 3.63) is 48.5 Å². The van der Waals surface area contributed by atoms with Crippen LogP contribution in [0.3, 0.4) is 0 Å². The first-order valence-corrected chi connectivity index (χ1v) is 8.30. The first-order valence-electron chi connectivity index (χ1n) is 8.30. The van der Waals surface area contributed by atoms with E-state index in [1.165, 1.54) is 5.56 Å². The normalized spacial score (nSPS) is 17.3. The van der Waals surface area contributed by atoms with Gasteiger partial charge >= 0.3 is 0 Å². The molecule has 3 rings (SSSR count). The lowest BCUT2D eigenvalue weighted by atomic mass is 10.1. The number of hydrogen-bond donors (Lipinski definition) is 1. The standard InChI is InChI=1S/C18H22N4O2/c1-2-14-3-5-16(6-4-14)22-12-15(11-17(22)23)18(24)20-8-10-21-9-7-19-13-21/h3-7,9,13,15H,2,8,10-12H2,1H3,(H,20,24)/t15-/m0/s1. The Kier molecular flexibility index (Phi) is 4.93. The molecule has 2 amide bonds. The molecule has 0 radical (unpaired) electrons. The summed E-state index contributed by atoms with van der Waals surface area (Å²) in [7, 11) is 0. The van der Waals surface area contributed by atoms with E-state index < -0.39 is 0 Å². The van der Waals surface area contributed by atoms with Gasteiger partial charge in [0, 0.05) is 44.1 Å². The minimum Gasteiger partial charge on any atom is -0.354 e. The zero-order valence-corrected chi connectivity index (χ0v) is 13.8. The summed E-state index contributed by atoms with van der Waals surface area (Å²) in [5.41, 5.74) is 2.10. The fourth-order valence-electron chi connectivity index (χ4n) is 2.92. The van der Waals surface area contributed by atoms with Crippen molar-refractivity contribution in [1.29, 1.82) is 0 Å². The maximum atomic E-state index is 12.3. The van der Waals surface area contributed by atoms with Crippen LogP contribution in [0.1, 0.15) is 18.9 Å². The second-order valence-corrected chi connectivity index (χ2v) is 6.02. The second kappa shape index (κ2) is 7.29. The number of aryl methyl sites for hydroxylation is 1. The molecule has 0 spiro atoms. The van der Waals surface area contributed by atoms with Gasteiger partial charge in [-0.1, -0.05) is 19.1 Å². The van der Waals surface area contributed by atoms with Crippen molar-refractivity contribution >= 4 is 17.5 Å². The number of nitrogens with zero attached hydrogens (tertiary/aromatic N) is 3. The minimum atomic E-state index is -0.286. The average Bonchev–Trinajstić information content (AvgIpc) is 3.24. The molecular formula is C18H22N4O2. The van der Waals surface area contributed by atoms with Crippen molar-refractivity contribution in [1.82, 2.24) is 14.9 Å². The number of carbonyl (C=O) groups is 2. The van der Waals surface area contributed by atoms with Crippen molar-refractivity contribution in [2.75, 3.05) is 18.0 Å². The fraction of sp³-hybridized carbons (Fsp3) is 0.389. The molecule has 0 bridgehead atoms. The van der Waals surface area contributed by atoms with Crippen LogP contribution in [-0.2, 0) is 22.6 Å². The summed E-state index contributed by atoms with van der Waals surface area (Å²) in [6.07, 6.45) is 6.52. The van der Waals surface area contributed by atoms with Crippen LogP contribution in [0.5, 0.6) is 0 Å². The van der Waals surface area contributed by atoms with E-state index in [4.69, 9.17) is 0 Å². The van der Waals surface area contributed by atoms with E-state index in [2.05, 4.69) is 17.2 Å². The van der Waals surface area contributed by atoms with Crippen LogP contribution < -0.4 is 10.2 Å². The quantitative estimate of drug-likeness (QED) is 0.877. The summed E-state index contributed by atoms with van der Waals surface area (Å²) in [5.74, 6) is -0.337. The Balaban J connectivity index is 1.54. The lowest BCUT2D eigenvalue weighted by Gasteiger charge is -2.17. The molecule has 126 valence electrons. The Hall–Kier alpha value is -2.63. The van der Waals surface area contributed by atoms with Crippen LogP contribution in [0.4, 0.5) is 5.69 Å². The summed E-state index contributed by atoms with van der Waals surface area (Å²) in [5, 5.41) is 2.91. The van der Waals surface area contributed by atoms with Crippen LogP contribution in [0.2, 0.25) is 0 Å². The van der Waals surface area contributed by atoms with Crippen molar-refractivity contribution in [3.63, 3.8) is 0 Å². The number of imidazole rings is 1. The minimum absolute atomic E-state index is 0.00834. The van der Waals surface area contributed by atoms with Crippen LogP contribution >= 0.6 is 0 Å². The Labute approximate surface area is 141 Å². The van der Waals surface area contributed by atoms with E-state index in [-0.39, 0.29) is 24.2 Å². The molecule has 0 saturated carbocycles. The molecule has 1 aliphatic rings. The number of aromatic nitrogens is 2. The lowest BCUT2D eigenvalue weighted by Crippen LogP contribution is -2.34. The molecule has 6 heteroatoms. The average molecular weight is 326 g/mol. The van der Waals surface area contributed by atoms with Gasteiger partial charge in [-0.15, -0.1) is 0 Å². The van der Waals surface area contributed by atoms with Crippen molar-refractivity contribution < 1.29 is 9.59 Å². The molecular weight excluding hydrogens is 304 g/mol. The number of hydrogen-bond acceptors (Lipinski definition) is 3. The third kappa shape index (κ3) is 3.64. The molecule has 2 aromatic rings. The molecule has 24 heavy (non-hydrogen) atoms. The molecule has 1 aliphatic heterocycles. The molecule has 0 unspecified atom stereocenters. The Morgan fingerprint density at radius 1 is 1.33 bits per heavy atom. The molecule has 2 heterocycles. The summed E-state index contributed by atoms with van der Waals surface area (Å²) in [6.45, 7) is 3.75. The van der Waals surface area contributed by atoms with Crippen LogP contribution in [-0.4, -0.2) is 34.5 Å². The summed E-state index contributed by atoms with van der Waals surface area (Å²) >= 11 is 0. The molecule has 1 aromatic heterocycles. The van der Waals surface area contributed by atoms with Gasteiger partial charge < -0.3 is 14.8 Å². The van der Waals surface area contributed by atoms with E-state index in [0.717, 1.165) is 12.1 Å². The third-order valence-electron chi connectivity index (χ3n) is 4.38. The van der Waals surface area contributed by atoms with Crippen LogP contribution in [0.25, 0.3) is 0 Å². The van der Waals surface area contributed by atoms with Crippen molar-refractivity contribution in [2.45, 2.75) is 26.3 Å². The van der Waals surface area contributed by atoms with Gasteiger partial charge in [-0.2, -0.15) is 0 Å². The van der Waals surface area contributed by atoms with Crippen molar-refractivity contribution in [3.8, 4) is 0 Å². The van der Waals surface area contributed by atoms with Gasteiger partial charge in [-0.3, -0.25) is 9.59 Å². The monoisotopic (exact) mass is 326 g/mol. The van der Waals surface area contributed by atoms with Gasteiger partial charge in [0.1, 0.15) is 0 Å². The fourth-order valence-corrected chi connectivity index (χ4v) is 2.92. The summed E-state index contributed by atoms with van der Waals surface area (Å²) in [4.78, 5) is 30.2. The number of benzene rings is 1. The number of rotatable bonds is 6. The zero-order valence-electron chi connectivity index (χ0n) is 13.8. The second-order valence-electron chi connectivity index (χ2n) is 6.02. The topological polar surface area (TPSA) is 67.2 Å². The number of amides is 2. The maximum absolute atomic E-state index is 12.3. The predicted molar refractivity (Wildman–Crippen MR) is 91.5 cm³/mol.